The molecule has 1 saturated heterocycles. The lowest BCUT2D eigenvalue weighted by Gasteiger charge is -2.41. The van der Waals surface area contributed by atoms with Crippen molar-refractivity contribution in [1.82, 2.24) is 4.90 Å². The van der Waals surface area contributed by atoms with E-state index < -0.39 is 0 Å². The highest BCUT2D eigenvalue weighted by Crippen LogP contribution is 2.26. The second kappa shape index (κ2) is 6.15. The molecule has 1 heterocycles. The zero-order valence-electron chi connectivity index (χ0n) is 11.0. The van der Waals surface area contributed by atoms with Crippen LogP contribution in [-0.2, 0) is 4.74 Å². The minimum atomic E-state index is 0.277. The molecule has 2 rings (SSSR count). The van der Waals surface area contributed by atoms with Gasteiger partial charge in [-0.1, -0.05) is 28.1 Å². The molecule has 1 fully saturated rings. The normalized spacial score (nSPS) is 27.1. The number of hydrogen-bond donors (Lipinski definition) is 1. The van der Waals surface area contributed by atoms with Gasteiger partial charge < -0.3 is 10.5 Å². The van der Waals surface area contributed by atoms with E-state index in [4.69, 9.17) is 10.5 Å². The molecule has 18 heavy (non-hydrogen) atoms. The molecule has 1 aromatic carbocycles. The van der Waals surface area contributed by atoms with Crippen LogP contribution in [0, 0.1) is 0 Å². The molecule has 3 unspecified atom stereocenters. The summed E-state index contributed by atoms with van der Waals surface area (Å²) in [5.74, 6) is 0. The Balaban J connectivity index is 2.19. The molecular weight excluding hydrogens is 292 g/mol. The Morgan fingerprint density at radius 3 is 2.67 bits per heavy atom. The minimum absolute atomic E-state index is 0.277. The van der Waals surface area contributed by atoms with E-state index in [9.17, 15) is 0 Å². The maximum atomic E-state index is 5.99. The number of nitrogens with zero attached hydrogens (tertiary/aromatic N) is 1. The molecule has 0 spiro atoms. The van der Waals surface area contributed by atoms with Crippen molar-refractivity contribution in [3.63, 3.8) is 0 Å². The van der Waals surface area contributed by atoms with Gasteiger partial charge in [-0.25, -0.2) is 0 Å². The highest BCUT2D eigenvalue weighted by molar-refractivity contribution is 9.10. The van der Waals surface area contributed by atoms with E-state index >= 15 is 0 Å². The van der Waals surface area contributed by atoms with Crippen molar-refractivity contribution in [1.29, 1.82) is 0 Å². The molecule has 0 amide bonds. The summed E-state index contributed by atoms with van der Waals surface area (Å²) in [6, 6.07) is 9.14. The molecular formula is C14H21BrN2O. The van der Waals surface area contributed by atoms with Gasteiger partial charge in [-0.3, -0.25) is 4.90 Å². The highest BCUT2D eigenvalue weighted by atomic mass is 79.9. The van der Waals surface area contributed by atoms with E-state index in [1.807, 2.05) is 0 Å². The number of benzene rings is 1. The molecule has 3 atom stereocenters. The molecule has 0 aliphatic carbocycles. The van der Waals surface area contributed by atoms with Gasteiger partial charge in [0.05, 0.1) is 12.7 Å². The third-order valence-electron chi connectivity index (χ3n) is 3.53. The fraction of sp³-hybridized carbons (Fsp3) is 0.571. The van der Waals surface area contributed by atoms with Gasteiger partial charge in [0.25, 0.3) is 0 Å². The zero-order valence-corrected chi connectivity index (χ0v) is 12.6. The van der Waals surface area contributed by atoms with Crippen molar-refractivity contribution < 1.29 is 4.74 Å². The van der Waals surface area contributed by atoms with E-state index in [2.05, 4.69) is 58.9 Å². The lowest BCUT2D eigenvalue weighted by atomic mass is 10.0. The van der Waals surface area contributed by atoms with Crippen molar-refractivity contribution in [3.8, 4) is 0 Å². The summed E-state index contributed by atoms with van der Waals surface area (Å²) in [5.41, 5.74) is 7.27. The van der Waals surface area contributed by atoms with Crippen LogP contribution in [0.2, 0.25) is 0 Å². The summed E-state index contributed by atoms with van der Waals surface area (Å²) in [4.78, 5) is 2.46. The Labute approximate surface area is 117 Å². The van der Waals surface area contributed by atoms with Gasteiger partial charge in [0.15, 0.2) is 0 Å². The van der Waals surface area contributed by atoms with E-state index in [-0.39, 0.29) is 12.1 Å². The lowest BCUT2D eigenvalue weighted by Crippen LogP contribution is -2.50. The minimum Gasteiger partial charge on any atom is -0.376 e. The number of halogens is 1. The van der Waals surface area contributed by atoms with Crippen molar-refractivity contribution in [3.05, 3.63) is 34.3 Å². The maximum Gasteiger partial charge on any atom is 0.0675 e. The molecule has 3 nitrogen and oxygen atoms in total. The summed E-state index contributed by atoms with van der Waals surface area (Å²) in [7, 11) is 0. The Bertz CT molecular complexity index is 382. The van der Waals surface area contributed by atoms with Crippen LogP contribution in [-0.4, -0.2) is 36.7 Å². The van der Waals surface area contributed by atoms with Crippen LogP contribution in [0.4, 0.5) is 0 Å². The third-order valence-corrected chi connectivity index (χ3v) is 4.06. The van der Waals surface area contributed by atoms with Gasteiger partial charge in [-0.15, -0.1) is 0 Å². The molecule has 4 heteroatoms. The van der Waals surface area contributed by atoms with E-state index in [0.29, 0.717) is 12.6 Å². The number of rotatable bonds is 3. The first-order valence-corrected chi connectivity index (χ1v) is 7.24. The fourth-order valence-electron chi connectivity index (χ4n) is 2.51. The number of ether oxygens (including phenoxy) is 1. The Morgan fingerprint density at radius 1 is 1.39 bits per heavy atom. The summed E-state index contributed by atoms with van der Waals surface area (Å²) < 4.78 is 6.78. The molecule has 0 aromatic heterocycles. The molecule has 0 saturated carbocycles. The summed E-state index contributed by atoms with van der Waals surface area (Å²) in [5, 5.41) is 0. The summed E-state index contributed by atoms with van der Waals surface area (Å²) >= 11 is 3.47. The van der Waals surface area contributed by atoms with E-state index in [1.54, 1.807) is 0 Å². The summed E-state index contributed by atoms with van der Waals surface area (Å²) in [6.45, 7) is 6.69. The van der Waals surface area contributed by atoms with Gasteiger partial charge in [-0.05, 0) is 31.5 Å². The number of hydrogen-bond acceptors (Lipinski definition) is 3. The lowest BCUT2D eigenvalue weighted by molar-refractivity contribution is -0.0653. The van der Waals surface area contributed by atoms with Crippen LogP contribution >= 0.6 is 15.9 Å². The molecule has 0 radical (unpaired) electrons. The Kier molecular flexibility index (Phi) is 4.78. The molecule has 1 aliphatic heterocycles. The molecule has 100 valence electrons. The maximum absolute atomic E-state index is 5.99. The molecule has 1 aromatic rings. The second-order valence-electron chi connectivity index (χ2n) is 4.99. The third kappa shape index (κ3) is 3.12. The SMILES string of the molecule is CC1CN(C(CN)c2ccc(Br)cc2)C(C)CO1. The van der Waals surface area contributed by atoms with Gasteiger partial charge in [0, 0.05) is 29.6 Å². The van der Waals surface area contributed by atoms with Crippen molar-refractivity contribution in [2.24, 2.45) is 5.73 Å². The molecule has 1 aliphatic rings. The molecule has 0 bridgehead atoms. The number of morpholine rings is 1. The van der Waals surface area contributed by atoms with Gasteiger partial charge >= 0.3 is 0 Å². The predicted molar refractivity (Wildman–Crippen MR) is 77.5 cm³/mol. The summed E-state index contributed by atoms with van der Waals surface area (Å²) in [6.07, 6.45) is 0.283. The number of nitrogens with two attached hydrogens (primary N) is 1. The quantitative estimate of drug-likeness (QED) is 0.932. The Hall–Kier alpha value is -0.420. The first-order valence-electron chi connectivity index (χ1n) is 6.44. The van der Waals surface area contributed by atoms with Gasteiger partial charge in [0.1, 0.15) is 0 Å². The largest absolute Gasteiger partial charge is 0.376 e. The average molecular weight is 313 g/mol. The van der Waals surface area contributed by atoms with Crippen LogP contribution in [0.25, 0.3) is 0 Å². The Morgan fingerprint density at radius 2 is 2.06 bits per heavy atom. The highest BCUT2D eigenvalue weighted by Gasteiger charge is 2.29. The topological polar surface area (TPSA) is 38.5 Å². The van der Waals surface area contributed by atoms with Gasteiger partial charge in [0.2, 0.25) is 0 Å². The van der Waals surface area contributed by atoms with Crippen LogP contribution in [0.15, 0.2) is 28.7 Å². The standard InChI is InChI=1S/C14H21BrN2O/c1-10-9-18-11(2)8-17(10)14(7-16)12-3-5-13(15)6-4-12/h3-6,10-11,14H,7-9,16H2,1-2H3. The zero-order chi connectivity index (χ0) is 13.1. The van der Waals surface area contributed by atoms with Crippen LogP contribution < -0.4 is 5.73 Å². The van der Waals surface area contributed by atoms with Crippen LogP contribution in [0.3, 0.4) is 0 Å². The predicted octanol–water partition coefficient (Wildman–Crippen LogP) is 2.56. The van der Waals surface area contributed by atoms with Gasteiger partial charge in [-0.2, -0.15) is 0 Å². The average Bonchev–Trinajstić information content (AvgIpc) is 2.37. The van der Waals surface area contributed by atoms with Crippen LogP contribution in [0.1, 0.15) is 25.5 Å². The second-order valence-corrected chi connectivity index (χ2v) is 5.91. The van der Waals surface area contributed by atoms with Crippen molar-refractivity contribution in [2.75, 3.05) is 19.7 Å². The van der Waals surface area contributed by atoms with E-state index in [0.717, 1.165) is 17.6 Å². The molecule has 2 N–H and O–H groups in total. The smallest absolute Gasteiger partial charge is 0.0675 e. The van der Waals surface area contributed by atoms with Crippen LogP contribution in [0.5, 0.6) is 0 Å². The monoisotopic (exact) mass is 312 g/mol. The van der Waals surface area contributed by atoms with E-state index in [1.165, 1.54) is 5.56 Å². The fourth-order valence-corrected chi connectivity index (χ4v) is 2.78. The van der Waals surface area contributed by atoms with Crippen molar-refractivity contribution >= 4 is 15.9 Å². The first kappa shape index (κ1) is 14.0. The first-order chi connectivity index (χ1) is 8.61. The van der Waals surface area contributed by atoms with Crippen molar-refractivity contribution in [2.45, 2.75) is 32.0 Å².